The van der Waals surface area contributed by atoms with Gasteiger partial charge in [-0.25, -0.2) is 0 Å². The second-order valence-corrected chi connectivity index (χ2v) is 5.67. The molecule has 1 saturated heterocycles. The Morgan fingerprint density at radius 3 is 2.64 bits per heavy atom. The molecule has 1 heterocycles. The lowest BCUT2D eigenvalue weighted by Crippen LogP contribution is -2.47. The summed E-state index contributed by atoms with van der Waals surface area (Å²) in [5, 5.41) is 0. The fraction of sp³-hybridized carbons (Fsp3) is 1.00. The summed E-state index contributed by atoms with van der Waals surface area (Å²) in [4.78, 5) is 2.70. The van der Waals surface area contributed by atoms with Crippen molar-refractivity contribution >= 4 is 0 Å². The molecular formula is C12H24N2. The maximum absolute atomic E-state index is 5.84. The molecule has 0 aromatic heterocycles. The van der Waals surface area contributed by atoms with E-state index in [1.54, 1.807) is 0 Å². The zero-order valence-corrected chi connectivity index (χ0v) is 9.63. The van der Waals surface area contributed by atoms with Gasteiger partial charge in [-0.05, 0) is 37.6 Å². The molecule has 2 rings (SSSR count). The molecule has 0 aromatic carbocycles. The van der Waals surface area contributed by atoms with E-state index in [9.17, 15) is 0 Å². The Bertz CT molecular complexity index is 200. The van der Waals surface area contributed by atoms with E-state index < -0.39 is 0 Å². The van der Waals surface area contributed by atoms with Gasteiger partial charge < -0.3 is 5.73 Å². The summed E-state index contributed by atoms with van der Waals surface area (Å²) in [6.07, 6.45) is 6.87. The maximum atomic E-state index is 5.84. The molecule has 0 radical (unpaired) electrons. The van der Waals surface area contributed by atoms with E-state index in [-0.39, 0.29) is 0 Å². The summed E-state index contributed by atoms with van der Waals surface area (Å²) in [6, 6.07) is 1.48. The van der Waals surface area contributed by atoms with Crippen molar-refractivity contribution in [2.24, 2.45) is 11.1 Å². The van der Waals surface area contributed by atoms with Gasteiger partial charge in [-0.3, -0.25) is 4.90 Å². The molecule has 1 aliphatic heterocycles. The quantitative estimate of drug-likeness (QED) is 0.732. The van der Waals surface area contributed by atoms with Crippen LogP contribution in [0.25, 0.3) is 0 Å². The molecule has 0 amide bonds. The summed E-state index contributed by atoms with van der Waals surface area (Å²) < 4.78 is 0. The van der Waals surface area contributed by atoms with Crippen LogP contribution >= 0.6 is 0 Å². The van der Waals surface area contributed by atoms with Gasteiger partial charge in [-0.1, -0.05) is 20.3 Å². The summed E-state index contributed by atoms with van der Waals surface area (Å²) >= 11 is 0. The Kier molecular flexibility index (Phi) is 2.85. The third kappa shape index (κ3) is 1.70. The average molecular weight is 196 g/mol. The molecule has 2 N–H and O–H groups in total. The molecule has 0 aromatic rings. The summed E-state index contributed by atoms with van der Waals surface area (Å²) in [7, 11) is 0. The predicted molar refractivity (Wildman–Crippen MR) is 60.2 cm³/mol. The van der Waals surface area contributed by atoms with Gasteiger partial charge in [-0.15, -0.1) is 0 Å². The van der Waals surface area contributed by atoms with E-state index in [0.717, 1.165) is 12.6 Å². The number of hydrogen-bond acceptors (Lipinski definition) is 2. The highest BCUT2D eigenvalue weighted by Crippen LogP contribution is 2.42. The minimum atomic E-state index is 0.526. The van der Waals surface area contributed by atoms with Crippen molar-refractivity contribution in [1.29, 1.82) is 0 Å². The molecule has 2 unspecified atom stereocenters. The van der Waals surface area contributed by atoms with E-state index in [1.807, 2.05) is 0 Å². The molecule has 2 fully saturated rings. The third-order valence-corrected chi connectivity index (χ3v) is 4.30. The van der Waals surface area contributed by atoms with Crippen molar-refractivity contribution in [3.8, 4) is 0 Å². The van der Waals surface area contributed by atoms with Crippen LogP contribution in [-0.2, 0) is 0 Å². The molecule has 2 atom stereocenters. The van der Waals surface area contributed by atoms with Gasteiger partial charge >= 0.3 is 0 Å². The van der Waals surface area contributed by atoms with Crippen LogP contribution in [0.2, 0.25) is 0 Å². The van der Waals surface area contributed by atoms with Gasteiger partial charge in [0.25, 0.3) is 0 Å². The first-order valence-corrected chi connectivity index (χ1v) is 6.11. The molecule has 2 heteroatoms. The molecule has 14 heavy (non-hydrogen) atoms. The smallest absolute Gasteiger partial charge is 0.0222 e. The van der Waals surface area contributed by atoms with Gasteiger partial charge in [0, 0.05) is 18.6 Å². The van der Waals surface area contributed by atoms with E-state index in [1.165, 1.54) is 38.6 Å². The molecule has 82 valence electrons. The van der Waals surface area contributed by atoms with Gasteiger partial charge in [-0.2, -0.15) is 0 Å². The lowest BCUT2D eigenvalue weighted by Gasteiger charge is -2.38. The van der Waals surface area contributed by atoms with Gasteiger partial charge in [0.15, 0.2) is 0 Å². The highest BCUT2D eigenvalue weighted by Gasteiger charge is 2.41. The van der Waals surface area contributed by atoms with Crippen LogP contribution in [0.5, 0.6) is 0 Å². The van der Waals surface area contributed by atoms with Crippen molar-refractivity contribution in [1.82, 2.24) is 4.90 Å². The molecule has 0 spiro atoms. The van der Waals surface area contributed by atoms with Crippen LogP contribution in [0, 0.1) is 5.41 Å². The van der Waals surface area contributed by atoms with Crippen molar-refractivity contribution in [2.75, 3.05) is 13.1 Å². The first-order chi connectivity index (χ1) is 6.65. The van der Waals surface area contributed by atoms with Gasteiger partial charge in [0.05, 0.1) is 0 Å². The zero-order valence-electron chi connectivity index (χ0n) is 9.63. The minimum Gasteiger partial charge on any atom is -0.329 e. The van der Waals surface area contributed by atoms with Gasteiger partial charge in [0.1, 0.15) is 0 Å². The summed E-state index contributed by atoms with van der Waals surface area (Å²) in [6.45, 7) is 7.00. The molecule has 1 saturated carbocycles. The largest absolute Gasteiger partial charge is 0.329 e. The van der Waals surface area contributed by atoms with Crippen molar-refractivity contribution in [3.05, 3.63) is 0 Å². The SMILES string of the molecule is CC1(C)CCCC1N1CCCC1CN. The standard InChI is InChI=1S/C12H24N2/c1-12(2)7-3-6-11(12)14-8-4-5-10(14)9-13/h10-11H,3-9,13H2,1-2H3. The number of hydrogen-bond donors (Lipinski definition) is 1. The monoisotopic (exact) mass is 196 g/mol. The molecule has 0 bridgehead atoms. The van der Waals surface area contributed by atoms with Crippen LogP contribution in [0.4, 0.5) is 0 Å². The highest BCUT2D eigenvalue weighted by atomic mass is 15.2. The molecule has 1 aliphatic carbocycles. The highest BCUT2D eigenvalue weighted by molar-refractivity contribution is 4.96. The van der Waals surface area contributed by atoms with Crippen LogP contribution in [0.3, 0.4) is 0 Å². The number of nitrogens with two attached hydrogens (primary N) is 1. The topological polar surface area (TPSA) is 29.3 Å². The number of nitrogens with zero attached hydrogens (tertiary/aromatic N) is 1. The summed E-state index contributed by atoms with van der Waals surface area (Å²) in [5.74, 6) is 0. The zero-order chi connectivity index (χ0) is 10.2. The first-order valence-electron chi connectivity index (χ1n) is 6.11. The number of likely N-dealkylation sites (tertiary alicyclic amines) is 1. The van der Waals surface area contributed by atoms with E-state index in [0.29, 0.717) is 11.5 Å². The number of rotatable bonds is 2. The van der Waals surface area contributed by atoms with Crippen LogP contribution < -0.4 is 5.73 Å². The Hall–Kier alpha value is -0.0800. The average Bonchev–Trinajstić information content (AvgIpc) is 2.69. The molecule has 2 nitrogen and oxygen atoms in total. The van der Waals surface area contributed by atoms with Gasteiger partial charge in [0.2, 0.25) is 0 Å². The van der Waals surface area contributed by atoms with Crippen LogP contribution in [0.15, 0.2) is 0 Å². The van der Waals surface area contributed by atoms with E-state index >= 15 is 0 Å². The van der Waals surface area contributed by atoms with Crippen LogP contribution in [0.1, 0.15) is 46.0 Å². The van der Waals surface area contributed by atoms with E-state index in [2.05, 4.69) is 18.7 Å². The summed E-state index contributed by atoms with van der Waals surface area (Å²) in [5.41, 5.74) is 6.36. The molecular weight excluding hydrogens is 172 g/mol. The fourth-order valence-electron chi connectivity index (χ4n) is 3.44. The van der Waals surface area contributed by atoms with Crippen molar-refractivity contribution in [2.45, 2.75) is 58.0 Å². The first kappa shape index (κ1) is 10.4. The maximum Gasteiger partial charge on any atom is 0.0222 e. The fourth-order valence-corrected chi connectivity index (χ4v) is 3.44. The normalized spacial score (nSPS) is 37.9. The Morgan fingerprint density at radius 2 is 2.07 bits per heavy atom. The Balaban J connectivity index is 2.06. The Labute approximate surface area is 87.8 Å². The second kappa shape index (κ2) is 3.82. The van der Waals surface area contributed by atoms with Crippen molar-refractivity contribution in [3.63, 3.8) is 0 Å². The lowest BCUT2D eigenvalue weighted by atomic mass is 9.86. The predicted octanol–water partition coefficient (Wildman–Crippen LogP) is 1.99. The van der Waals surface area contributed by atoms with Crippen molar-refractivity contribution < 1.29 is 0 Å². The lowest BCUT2D eigenvalue weighted by molar-refractivity contribution is 0.103. The van der Waals surface area contributed by atoms with E-state index in [4.69, 9.17) is 5.73 Å². The third-order valence-electron chi connectivity index (χ3n) is 4.30. The molecule has 2 aliphatic rings. The van der Waals surface area contributed by atoms with Crippen LogP contribution in [-0.4, -0.2) is 30.1 Å². The minimum absolute atomic E-state index is 0.526. The second-order valence-electron chi connectivity index (χ2n) is 5.67. The Morgan fingerprint density at radius 1 is 1.29 bits per heavy atom.